The van der Waals surface area contributed by atoms with Crippen LogP contribution in [0.15, 0.2) is 42.5 Å². The number of amides is 1. The third kappa shape index (κ3) is 4.05. The van der Waals surface area contributed by atoms with E-state index in [9.17, 15) is 14.0 Å². The number of carbonyl (C=O) groups is 2. The van der Waals surface area contributed by atoms with Crippen LogP contribution in [-0.2, 0) is 4.79 Å². The Morgan fingerprint density at radius 1 is 1.23 bits per heavy atom. The molecule has 0 aromatic heterocycles. The number of Topliss-reactive ketones (excluding diaryl/α,β-unsaturated/α-hetero) is 1. The monoisotopic (exact) mass is 321 g/mol. The number of carbonyl (C=O) groups excluding carboxylic acids is 2. The van der Waals surface area contributed by atoms with Gasteiger partial charge < -0.3 is 10.1 Å². The summed E-state index contributed by atoms with van der Waals surface area (Å²) in [5.74, 6) is -0.783. The number of ether oxygens (including phenoxy) is 1. The normalized spacial score (nSPS) is 10.1. The smallest absolute Gasteiger partial charge is 0.262 e. The number of hydrogen-bond acceptors (Lipinski definition) is 3. The second-order valence-corrected chi connectivity index (χ2v) is 4.92. The number of benzene rings is 2. The van der Waals surface area contributed by atoms with E-state index in [1.807, 2.05) is 0 Å². The van der Waals surface area contributed by atoms with E-state index in [1.165, 1.54) is 19.1 Å². The van der Waals surface area contributed by atoms with E-state index < -0.39 is 11.7 Å². The van der Waals surface area contributed by atoms with Crippen molar-refractivity contribution in [1.29, 1.82) is 0 Å². The minimum absolute atomic E-state index is 0.0949. The lowest BCUT2D eigenvalue weighted by Gasteiger charge is -2.10. The zero-order valence-electron chi connectivity index (χ0n) is 11.7. The highest BCUT2D eigenvalue weighted by Crippen LogP contribution is 2.22. The molecule has 22 heavy (non-hydrogen) atoms. The SMILES string of the molecule is CC(=O)c1ccccc1OCC(=O)Nc1ccc(F)cc1Cl. The molecule has 6 heteroatoms. The summed E-state index contributed by atoms with van der Waals surface area (Å²) < 4.78 is 18.3. The largest absolute Gasteiger partial charge is 0.483 e. The minimum Gasteiger partial charge on any atom is -0.483 e. The molecular formula is C16H13ClFNO3. The Hall–Kier alpha value is -2.40. The van der Waals surface area contributed by atoms with Gasteiger partial charge in [0, 0.05) is 0 Å². The number of para-hydroxylation sites is 1. The first-order chi connectivity index (χ1) is 10.5. The maximum atomic E-state index is 12.9. The Labute approximate surface area is 131 Å². The van der Waals surface area contributed by atoms with Crippen LogP contribution in [0.25, 0.3) is 0 Å². The van der Waals surface area contributed by atoms with Crippen LogP contribution >= 0.6 is 11.6 Å². The lowest BCUT2D eigenvalue weighted by atomic mass is 10.1. The van der Waals surface area contributed by atoms with Crippen molar-refractivity contribution < 1.29 is 18.7 Å². The van der Waals surface area contributed by atoms with E-state index in [0.717, 1.165) is 6.07 Å². The lowest BCUT2D eigenvalue weighted by Crippen LogP contribution is -2.21. The summed E-state index contributed by atoms with van der Waals surface area (Å²) in [6, 6.07) is 10.3. The molecule has 0 spiro atoms. The van der Waals surface area contributed by atoms with Gasteiger partial charge in [-0.25, -0.2) is 4.39 Å². The molecule has 0 aliphatic heterocycles. The Morgan fingerprint density at radius 2 is 1.95 bits per heavy atom. The maximum absolute atomic E-state index is 12.9. The Morgan fingerprint density at radius 3 is 2.64 bits per heavy atom. The van der Waals surface area contributed by atoms with Gasteiger partial charge in [-0.05, 0) is 37.3 Å². The van der Waals surface area contributed by atoms with E-state index in [4.69, 9.17) is 16.3 Å². The summed E-state index contributed by atoms with van der Waals surface area (Å²) in [5.41, 5.74) is 0.687. The fourth-order valence-electron chi connectivity index (χ4n) is 1.80. The van der Waals surface area contributed by atoms with E-state index in [-0.39, 0.29) is 23.1 Å². The van der Waals surface area contributed by atoms with Gasteiger partial charge in [0.05, 0.1) is 16.3 Å². The molecule has 0 aliphatic carbocycles. The maximum Gasteiger partial charge on any atom is 0.262 e. The highest BCUT2D eigenvalue weighted by Gasteiger charge is 2.11. The molecule has 0 saturated heterocycles. The molecule has 0 aliphatic rings. The van der Waals surface area contributed by atoms with Crippen molar-refractivity contribution in [2.24, 2.45) is 0 Å². The lowest BCUT2D eigenvalue weighted by molar-refractivity contribution is -0.118. The van der Waals surface area contributed by atoms with Crippen molar-refractivity contribution in [3.05, 3.63) is 58.9 Å². The molecule has 2 aromatic carbocycles. The first kappa shape index (κ1) is 16.0. The van der Waals surface area contributed by atoms with E-state index in [0.29, 0.717) is 11.3 Å². The average Bonchev–Trinajstić information content (AvgIpc) is 2.48. The molecular weight excluding hydrogens is 309 g/mol. The number of ketones is 1. The van der Waals surface area contributed by atoms with Crippen LogP contribution in [0.5, 0.6) is 5.75 Å². The van der Waals surface area contributed by atoms with E-state index in [2.05, 4.69) is 5.32 Å². The molecule has 2 rings (SSSR count). The van der Waals surface area contributed by atoms with Gasteiger partial charge in [-0.3, -0.25) is 9.59 Å². The quantitative estimate of drug-likeness (QED) is 0.854. The summed E-state index contributed by atoms with van der Waals surface area (Å²) in [4.78, 5) is 23.3. The molecule has 0 fully saturated rings. The van der Waals surface area contributed by atoms with Crippen LogP contribution < -0.4 is 10.1 Å². The van der Waals surface area contributed by atoms with Gasteiger partial charge in [0.2, 0.25) is 0 Å². The highest BCUT2D eigenvalue weighted by molar-refractivity contribution is 6.33. The van der Waals surface area contributed by atoms with Crippen LogP contribution in [0, 0.1) is 5.82 Å². The summed E-state index contributed by atoms with van der Waals surface area (Å²) in [7, 11) is 0. The molecule has 4 nitrogen and oxygen atoms in total. The highest BCUT2D eigenvalue weighted by atomic mass is 35.5. The zero-order valence-corrected chi connectivity index (χ0v) is 12.5. The number of anilines is 1. The van der Waals surface area contributed by atoms with Crippen LogP contribution in [-0.4, -0.2) is 18.3 Å². The number of nitrogens with one attached hydrogen (secondary N) is 1. The van der Waals surface area contributed by atoms with Gasteiger partial charge in [-0.1, -0.05) is 23.7 Å². The molecule has 0 saturated carbocycles. The van der Waals surface area contributed by atoms with Gasteiger partial charge in [-0.2, -0.15) is 0 Å². The van der Waals surface area contributed by atoms with Crippen LogP contribution in [0.3, 0.4) is 0 Å². The van der Waals surface area contributed by atoms with Gasteiger partial charge >= 0.3 is 0 Å². The average molecular weight is 322 g/mol. The molecule has 1 amide bonds. The topological polar surface area (TPSA) is 55.4 Å². The first-order valence-corrected chi connectivity index (χ1v) is 6.83. The molecule has 114 valence electrons. The van der Waals surface area contributed by atoms with Crippen LogP contribution in [0.4, 0.5) is 10.1 Å². The second-order valence-electron chi connectivity index (χ2n) is 4.51. The summed E-state index contributed by atoms with van der Waals surface area (Å²) in [5, 5.41) is 2.60. The zero-order chi connectivity index (χ0) is 16.1. The Balaban J connectivity index is 2.00. The number of halogens is 2. The third-order valence-electron chi connectivity index (χ3n) is 2.83. The molecule has 0 bridgehead atoms. The summed E-state index contributed by atoms with van der Waals surface area (Å²) in [6.07, 6.45) is 0. The Kier molecular flexibility index (Phi) is 5.12. The summed E-state index contributed by atoms with van der Waals surface area (Å²) >= 11 is 5.82. The van der Waals surface area contributed by atoms with Crippen LogP contribution in [0.2, 0.25) is 5.02 Å². The van der Waals surface area contributed by atoms with E-state index >= 15 is 0 Å². The standard InChI is InChI=1S/C16H13ClFNO3/c1-10(20)12-4-2-3-5-15(12)22-9-16(21)19-14-7-6-11(18)8-13(14)17/h2-8H,9H2,1H3,(H,19,21). The molecule has 0 heterocycles. The number of hydrogen-bond donors (Lipinski definition) is 1. The van der Waals surface area contributed by atoms with Crippen molar-refractivity contribution in [3.8, 4) is 5.75 Å². The Bertz CT molecular complexity index is 718. The number of rotatable bonds is 5. The van der Waals surface area contributed by atoms with Gasteiger partial charge in [0.1, 0.15) is 11.6 Å². The third-order valence-corrected chi connectivity index (χ3v) is 3.14. The van der Waals surface area contributed by atoms with Gasteiger partial charge in [-0.15, -0.1) is 0 Å². The molecule has 2 aromatic rings. The van der Waals surface area contributed by atoms with Crippen molar-refractivity contribution in [1.82, 2.24) is 0 Å². The fourth-order valence-corrected chi connectivity index (χ4v) is 2.02. The minimum atomic E-state index is -0.491. The van der Waals surface area contributed by atoms with Crippen LogP contribution in [0.1, 0.15) is 17.3 Å². The molecule has 0 radical (unpaired) electrons. The van der Waals surface area contributed by atoms with Crippen molar-refractivity contribution >= 4 is 29.0 Å². The fraction of sp³-hybridized carbons (Fsp3) is 0.125. The van der Waals surface area contributed by atoms with E-state index in [1.54, 1.807) is 24.3 Å². The molecule has 0 unspecified atom stereocenters. The van der Waals surface area contributed by atoms with Gasteiger partial charge in [0.15, 0.2) is 12.4 Å². The van der Waals surface area contributed by atoms with Gasteiger partial charge in [0.25, 0.3) is 5.91 Å². The van der Waals surface area contributed by atoms with Crippen molar-refractivity contribution in [2.75, 3.05) is 11.9 Å². The van der Waals surface area contributed by atoms with Crippen molar-refractivity contribution in [2.45, 2.75) is 6.92 Å². The van der Waals surface area contributed by atoms with Crippen molar-refractivity contribution in [3.63, 3.8) is 0 Å². The predicted molar refractivity (Wildman–Crippen MR) is 82.0 cm³/mol. The second kappa shape index (κ2) is 7.04. The predicted octanol–water partition coefficient (Wildman–Crippen LogP) is 3.70. The molecule has 0 atom stereocenters. The molecule has 1 N–H and O–H groups in total. The summed E-state index contributed by atoms with van der Waals surface area (Å²) in [6.45, 7) is 1.12. The first-order valence-electron chi connectivity index (χ1n) is 6.45.